The van der Waals surface area contributed by atoms with Crippen molar-refractivity contribution >= 4 is 17.6 Å². The summed E-state index contributed by atoms with van der Waals surface area (Å²) in [6.45, 7) is 2.26. The van der Waals surface area contributed by atoms with Gasteiger partial charge in [-0.3, -0.25) is 0 Å². The molecule has 0 aliphatic rings. The maximum atomic E-state index is 12.8. The number of benzene rings is 1. The van der Waals surface area contributed by atoms with E-state index in [4.69, 9.17) is 4.52 Å². The van der Waals surface area contributed by atoms with Crippen LogP contribution in [0.5, 0.6) is 0 Å². The number of halogens is 1. The Hall–Kier alpha value is -3.03. The molecule has 0 saturated carbocycles. The predicted molar refractivity (Wildman–Crippen MR) is 78.1 cm³/mol. The molecule has 112 valence electrons. The van der Waals surface area contributed by atoms with Crippen molar-refractivity contribution in [3.8, 4) is 0 Å². The number of aromatic nitrogens is 4. The van der Waals surface area contributed by atoms with Crippen molar-refractivity contribution in [1.29, 1.82) is 0 Å². The quantitative estimate of drug-likeness (QED) is 0.748. The average Bonchev–Trinajstić information content (AvgIpc) is 2.92. The molecule has 0 spiro atoms. The molecular formula is C14H13FN6O. The molecule has 0 saturated heterocycles. The van der Waals surface area contributed by atoms with Crippen molar-refractivity contribution in [3.05, 3.63) is 53.7 Å². The Kier molecular flexibility index (Phi) is 3.90. The number of hydrogen-bond donors (Lipinski definition) is 2. The molecule has 2 aromatic heterocycles. The lowest BCUT2D eigenvalue weighted by atomic mass is 10.2. The van der Waals surface area contributed by atoms with Gasteiger partial charge in [0.05, 0.1) is 6.20 Å². The van der Waals surface area contributed by atoms with Crippen molar-refractivity contribution in [1.82, 2.24) is 20.3 Å². The Balaban J connectivity index is 1.64. The number of nitrogens with zero attached hydrogens (tertiary/aromatic N) is 4. The third-order valence-corrected chi connectivity index (χ3v) is 2.81. The van der Waals surface area contributed by atoms with E-state index in [0.29, 0.717) is 29.9 Å². The maximum absolute atomic E-state index is 12.8. The second-order valence-corrected chi connectivity index (χ2v) is 4.59. The fourth-order valence-electron chi connectivity index (χ4n) is 1.78. The molecule has 0 fully saturated rings. The largest absolute Gasteiger partial charge is 0.360 e. The van der Waals surface area contributed by atoms with E-state index in [0.717, 1.165) is 5.56 Å². The summed E-state index contributed by atoms with van der Waals surface area (Å²) >= 11 is 0. The van der Waals surface area contributed by atoms with Gasteiger partial charge in [0.15, 0.2) is 11.6 Å². The monoisotopic (exact) mass is 300 g/mol. The number of aryl methyl sites for hydroxylation is 1. The molecule has 2 heterocycles. The molecule has 0 atom stereocenters. The fourth-order valence-corrected chi connectivity index (χ4v) is 1.78. The van der Waals surface area contributed by atoms with Crippen LogP contribution in [-0.4, -0.2) is 20.3 Å². The fraction of sp³-hybridized carbons (Fsp3) is 0.143. The topological polar surface area (TPSA) is 88.8 Å². The highest BCUT2D eigenvalue weighted by molar-refractivity contribution is 5.51. The molecule has 0 bridgehead atoms. The van der Waals surface area contributed by atoms with Crippen LogP contribution in [0.2, 0.25) is 0 Å². The molecule has 0 radical (unpaired) electrons. The van der Waals surface area contributed by atoms with Crippen LogP contribution < -0.4 is 10.6 Å². The minimum atomic E-state index is -0.268. The molecule has 0 aliphatic heterocycles. The van der Waals surface area contributed by atoms with Crippen molar-refractivity contribution in [2.24, 2.45) is 0 Å². The smallest absolute Gasteiger partial charge is 0.244 e. The Labute approximate surface area is 125 Å². The number of anilines is 3. The summed E-state index contributed by atoms with van der Waals surface area (Å²) in [5.74, 6) is 1.82. The molecular weight excluding hydrogens is 287 g/mol. The van der Waals surface area contributed by atoms with Gasteiger partial charge in [0.1, 0.15) is 11.6 Å². The van der Waals surface area contributed by atoms with Crippen LogP contribution >= 0.6 is 0 Å². The van der Waals surface area contributed by atoms with Crippen molar-refractivity contribution in [3.63, 3.8) is 0 Å². The van der Waals surface area contributed by atoms with Gasteiger partial charge in [-0.1, -0.05) is 17.3 Å². The second-order valence-electron chi connectivity index (χ2n) is 4.59. The summed E-state index contributed by atoms with van der Waals surface area (Å²) in [5.41, 5.74) is 0.912. The van der Waals surface area contributed by atoms with Gasteiger partial charge in [-0.05, 0) is 24.6 Å². The van der Waals surface area contributed by atoms with Crippen LogP contribution in [0.1, 0.15) is 11.3 Å². The average molecular weight is 300 g/mol. The van der Waals surface area contributed by atoms with Gasteiger partial charge in [0.2, 0.25) is 5.95 Å². The van der Waals surface area contributed by atoms with Crippen LogP contribution in [-0.2, 0) is 6.54 Å². The Morgan fingerprint density at radius 3 is 2.73 bits per heavy atom. The molecule has 0 aliphatic carbocycles. The van der Waals surface area contributed by atoms with Crippen LogP contribution in [0.25, 0.3) is 0 Å². The van der Waals surface area contributed by atoms with E-state index in [1.807, 2.05) is 0 Å². The van der Waals surface area contributed by atoms with Crippen molar-refractivity contribution in [2.45, 2.75) is 13.5 Å². The third kappa shape index (κ3) is 3.54. The van der Waals surface area contributed by atoms with E-state index in [2.05, 4.69) is 31.0 Å². The minimum Gasteiger partial charge on any atom is -0.360 e. The summed E-state index contributed by atoms with van der Waals surface area (Å²) in [6.07, 6.45) is 1.48. The van der Waals surface area contributed by atoms with Gasteiger partial charge in [0, 0.05) is 12.6 Å². The van der Waals surface area contributed by atoms with Gasteiger partial charge < -0.3 is 15.2 Å². The van der Waals surface area contributed by atoms with Crippen LogP contribution in [0.4, 0.5) is 22.0 Å². The van der Waals surface area contributed by atoms with Crippen LogP contribution in [0.3, 0.4) is 0 Å². The lowest BCUT2D eigenvalue weighted by molar-refractivity contribution is 0.400. The first kappa shape index (κ1) is 13.9. The number of rotatable bonds is 5. The Morgan fingerprint density at radius 1 is 1.18 bits per heavy atom. The highest BCUT2D eigenvalue weighted by atomic mass is 19.1. The zero-order valence-electron chi connectivity index (χ0n) is 11.7. The van der Waals surface area contributed by atoms with Gasteiger partial charge in [0.25, 0.3) is 0 Å². The zero-order chi connectivity index (χ0) is 15.4. The maximum Gasteiger partial charge on any atom is 0.244 e. The van der Waals surface area contributed by atoms with Crippen LogP contribution in [0.15, 0.2) is 41.1 Å². The minimum absolute atomic E-state index is 0.268. The normalized spacial score (nSPS) is 10.5. The Morgan fingerprint density at radius 2 is 2.00 bits per heavy atom. The highest BCUT2D eigenvalue weighted by Crippen LogP contribution is 2.14. The summed E-state index contributed by atoms with van der Waals surface area (Å²) in [6, 6.07) is 7.93. The molecule has 3 rings (SSSR count). The lowest BCUT2D eigenvalue weighted by Crippen LogP contribution is -2.06. The first-order chi connectivity index (χ1) is 10.7. The summed E-state index contributed by atoms with van der Waals surface area (Å²) < 4.78 is 17.8. The molecule has 3 aromatic rings. The molecule has 0 unspecified atom stereocenters. The van der Waals surface area contributed by atoms with Gasteiger partial charge in [-0.15, -0.1) is 5.10 Å². The van der Waals surface area contributed by atoms with E-state index in [9.17, 15) is 4.39 Å². The number of hydrogen-bond acceptors (Lipinski definition) is 7. The van der Waals surface area contributed by atoms with Crippen molar-refractivity contribution < 1.29 is 8.91 Å². The van der Waals surface area contributed by atoms with E-state index in [1.165, 1.54) is 18.3 Å². The van der Waals surface area contributed by atoms with E-state index >= 15 is 0 Å². The lowest BCUT2D eigenvalue weighted by Gasteiger charge is -2.06. The van der Waals surface area contributed by atoms with Gasteiger partial charge >= 0.3 is 0 Å². The summed E-state index contributed by atoms with van der Waals surface area (Å²) in [4.78, 5) is 4.26. The standard InChI is InChI=1S/C14H13FN6O/c1-9-6-12(21-22-9)18-13-8-17-20-14(19-13)16-7-10-2-4-11(15)5-3-10/h2-6,8H,7H2,1H3,(H2,16,18,19,20,21). The predicted octanol–water partition coefficient (Wildman–Crippen LogP) is 2.66. The second kappa shape index (κ2) is 6.17. The highest BCUT2D eigenvalue weighted by Gasteiger charge is 2.04. The zero-order valence-corrected chi connectivity index (χ0v) is 11.7. The van der Waals surface area contributed by atoms with Crippen LogP contribution in [0, 0.1) is 12.7 Å². The molecule has 7 nitrogen and oxygen atoms in total. The first-order valence-corrected chi connectivity index (χ1v) is 6.57. The summed E-state index contributed by atoms with van der Waals surface area (Å²) in [7, 11) is 0. The first-order valence-electron chi connectivity index (χ1n) is 6.57. The number of nitrogens with one attached hydrogen (secondary N) is 2. The van der Waals surface area contributed by atoms with E-state index in [1.54, 1.807) is 25.1 Å². The van der Waals surface area contributed by atoms with E-state index in [-0.39, 0.29) is 5.82 Å². The van der Waals surface area contributed by atoms with Crippen molar-refractivity contribution in [2.75, 3.05) is 10.6 Å². The molecule has 8 heteroatoms. The van der Waals surface area contributed by atoms with Gasteiger partial charge in [-0.2, -0.15) is 10.1 Å². The molecule has 0 amide bonds. The third-order valence-electron chi connectivity index (χ3n) is 2.81. The van der Waals surface area contributed by atoms with E-state index < -0.39 is 0 Å². The molecule has 2 N–H and O–H groups in total. The van der Waals surface area contributed by atoms with Gasteiger partial charge in [-0.25, -0.2) is 4.39 Å². The Bertz CT molecular complexity index is 758. The molecule has 1 aromatic carbocycles. The molecule has 22 heavy (non-hydrogen) atoms. The SMILES string of the molecule is Cc1cc(Nc2cnnc(NCc3ccc(F)cc3)n2)no1. The summed E-state index contributed by atoms with van der Waals surface area (Å²) in [5, 5.41) is 17.5.